The van der Waals surface area contributed by atoms with Crippen molar-refractivity contribution in [3.63, 3.8) is 0 Å². The van der Waals surface area contributed by atoms with E-state index in [-0.39, 0.29) is 5.79 Å². The molecule has 2 heterocycles. The van der Waals surface area contributed by atoms with Crippen LogP contribution in [0.5, 0.6) is 0 Å². The lowest BCUT2D eigenvalue weighted by atomic mass is 10.1. The monoisotopic (exact) mass is 142 g/mol. The number of rotatable bonds is 0. The maximum atomic E-state index is 5.69. The van der Waals surface area contributed by atoms with E-state index >= 15 is 0 Å². The summed E-state index contributed by atoms with van der Waals surface area (Å²) in [5.74, 6) is -0.221. The lowest BCUT2D eigenvalue weighted by Gasteiger charge is -2.20. The van der Waals surface area contributed by atoms with Crippen LogP contribution < -0.4 is 0 Å². The topological polar surface area (TPSA) is 18.5 Å². The Morgan fingerprint density at radius 2 is 2.30 bits per heavy atom. The molecule has 0 N–H and O–H groups in total. The molecule has 0 aromatic heterocycles. The van der Waals surface area contributed by atoms with Crippen molar-refractivity contribution >= 4 is 0 Å². The average molecular weight is 142 g/mol. The molecule has 2 fully saturated rings. The summed E-state index contributed by atoms with van der Waals surface area (Å²) in [5.41, 5.74) is 0. The highest BCUT2D eigenvalue weighted by Crippen LogP contribution is 2.33. The fourth-order valence-electron chi connectivity index (χ4n) is 1.78. The quantitative estimate of drug-likeness (QED) is 0.512. The second kappa shape index (κ2) is 2.21. The van der Waals surface area contributed by atoms with E-state index in [1.807, 2.05) is 0 Å². The minimum atomic E-state index is -0.221. The molecule has 2 aliphatic rings. The second-order valence-corrected chi connectivity index (χ2v) is 3.43. The average Bonchev–Trinajstić information content (AvgIpc) is 2.11. The molecular weight excluding hydrogens is 128 g/mol. The highest BCUT2D eigenvalue weighted by Gasteiger charge is 2.38. The van der Waals surface area contributed by atoms with Gasteiger partial charge in [0.2, 0.25) is 0 Å². The summed E-state index contributed by atoms with van der Waals surface area (Å²) in [5, 5.41) is 0. The van der Waals surface area contributed by atoms with E-state index < -0.39 is 0 Å². The third kappa shape index (κ3) is 1.06. The molecule has 0 radical (unpaired) electrons. The lowest BCUT2D eigenvalue weighted by molar-refractivity contribution is -0.153. The first-order valence-corrected chi connectivity index (χ1v) is 4.10. The molecule has 0 spiro atoms. The predicted molar refractivity (Wildman–Crippen MR) is 37.7 cm³/mol. The van der Waals surface area contributed by atoms with Crippen LogP contribution in [0.1, 0.15) is 32.6 Å². The third-order valence-corrected chi connectivity index (χ3v) is 2.40. The molecule has 0 aromatic carbocycles. The van der Waals surface area contributed by atoms with Crippen molar-refractivity contribution in [3.8, 4) is 0 Å². The van der Waals surface area contributed by atoms with Gasteiger partial charge in [-0.3, -0.25) is 0 Å². The van der Waals surface area contributed by atoms with Crippen LogP contribution in [-0.2, 0) is 9.47 Å². The van der Waals surface area contributed by atoms with Crippen LogP contribution in [0.4, 0.5) is 0 Å². The van der Waals surface area contributed by atoms with Crippen molar-refractivity contribution in [2.45, 2.75) is 44.5 Å². The molecule has 2 unspecified atom stereocenters. The summed E-state index contributed by atoms with van der Waals surface area (Å²) >= 11 is 0. The first kappa shape index (κ1) is 6.62. The van der Waals surface area contributed by atoms with Gasteiger partial charge in [0.1, 0.15) is 0 Å². The Balaban J connectivity index is 2.09. The molecule has 2 aliphatic heterocycles. The van der Waals surface area contributed by atoms with Gasteiger partial charge >= 0.3 is 0 Å². The number of hydrogen-bond donors (Lipinski definition) is 0. The molecule has 2 rings (SSSR count). The smallest absolute Gasteiger partial charge is 0.166 e. The second-order valence-electron chi connectivity index (χ2n) is 3.43. The maximum Gasteiger partial charge on any atom is 0.166 e. The third-order valence-electron chi connectivity index (χ3n) is 2.40. The molecule has 58 valence electrons. The minimum absolute atomic E-state index is 0.221. The number of hydrogen-bond acceptors (Lipinski definition) is 2. The molecule has 2 heteroatoms. The van der Waals surface area contributed by atoms with Crippen LogP contribution in [0.15, 0.2) is 0 Å². The van der Waals surface area contributed by atoms with Crippen molar-refractivity contribution < 1.29 is 9.47 Å². The van der Waals surface area contributed by atoms with Gasteiger partial charge in [0, 0.05) is 6.42 Å². The zero-order chi connectivity index (χ0) is 7.03. The number of ether oxygens (including phenoxy) is 2. The highest BCUT2D eigenvalue weighted by molar-refractivity contribution is 4.78. The molecule has 2 atom stereocenters. The molecule has 0 amide bonds. The Labute approximate surface area is 61.5 Å². The molecule has 0 aromatic rings. The van der Waals surface area contributed by atoms with Gasteiger partial charge in [-0.15, -0.1) is 0 Å². The molecule has 2 saturated heterocycles. The van der Waals surface area contributed by atoms with Crippen LogP contribution in [0.3, 0.4) is 0 Å². The molecule has 0 aliphatic carbocycles. The van der Waals surface area contributed by atoms with Gasteiger partial charge < -0.3 is 9.47 Å². The van der Waals surface area contributed by atoms with Gasteiger partial charge in [-0.1, -0.05) is 6.42 Å². The Morgan fingerprint density at radius 3 is 3.20 bits per heavy atom. The van der Waals surface area contributed by atoms with Gasteiger partial charge in [-0.25, -0.2) is 0 Å². The van der Waals surface area contributed by atoms with E-state index in [2.05, 4.69) is 6.92 Å². The van der Waals surface area contributed by atoms with E-state index in [1.165, 1.54) is 19.3 Å². The summed E-state index contributed by atoms with van der Waals surface area (Å²) in [6.07, 6.45) is 5.22. The van der Waals surface area contributed by atoms with Crippen LogP contribution in [0.25, 0.3) is 0 Å². The summed E-state index contributed by atoms with van der Waals surface area (Å²) in [6.45, 7) is 2.87. The molecule has 10 heavy (non-hydrogen) atoms. The van der Waals surface area contributed by atoms with Gasteiger partial charge in [0.05, 0.1) is 12.7 Å². The Hall–Kier alpha value is -0.0800. The molecule has 0 saturated carbocycles. The van der Waals surface area contributed by atoms with Crippen molar-refractivity contribution in [1.82, 2.24) is 0 Å². The Bertz CT molecular complexity index is 133. The fourth-order valence-corrected chi connectivity index (χ4v) is 1.78. The fraction of sp³-hybridized carbons (Fsp3) is 1.00. The van der Waals surface area contributed by atoms with E-state index in [9.17, 15) is 0 Å². The SMILES string of the molecule is CC12CCCCC(CO1)O2. The Kier molecular flexibility index (Phi) is 1.46. The van der Waals surface area contributed by atoms with Gasteiger partial charge in [-0.05, 0) is 19.8 Å². The maximum absolute atomic E-state index is 5.69. The molecular formula is C8H14O2. The molecule has 2 bridgehead atoms. The van der Waals surface area contributed by atoms with Gasteiger partial charge in [0.25, 0.3) is 0 Å². The van der Waals surface area contributed by atoms with Crippen molar-refractivity contribution in [1.29, 1.82) is 0 Å². The van der Waals surface area contributed by atoms with Crippen LogP contribution >= 0.6 is 0 Å². The highest BCUT2D eigenvalue weighted by atomic mass is 16.7. The normalized spacial score (nSPS) is 47.1. The summed E-state index contributed by atoms with van der Waals surface area (Å²) in [6, 6.07) is 0. The lowest BCUT2D eigenvalue weighted by Crippen LogP contribution is -2.24. The predicted octanol–water partition coefficient (Wildman–Crippen LogP) is 1.69. The van der Waals surface area contributed by atoms with Crippen molar-refractivity contribution in [2.75, 3.05) is 6.61 Å². The van der Waals surface area contributed by atoms with Crippen LogP contribution in [0, 0.1) is 0 Å². The van der Waals surface area contributed by atoms with Crippen LogP contribution in [0.2, 0.25) is 0 Å². The van der Waals surface area contributed by atoms with E-state index in [1.54, 1.807) is 0 Å². The Morgan fingerprint density at radius 1 is 1.40 bits per heavy atom. The number of fused-ring (bicyclic) bond motifs is 2. The van der Waals surface area contributed by atoms with Gasteiger partial charge in [-0.2, -0.15) is 0 Å². The zero-order valence-corrected chi connectivity index (χ0v) is 6.43. The first-order chi connectivity index (χ1) is 4.79. The summed E-state index contributed by atoms with van der Waals surface area (Å²) in [4.78, 5) is 0. The minimum Gasteiger partial charge on any atom is -0.348 e. The van der Waals surface area contributed by atoms with Gasteiger partial charge in [0.15, 0.2) is 5.79 Å². The van der Waals surface area contributed by atoms with Crippen LogP contribution in [-0.4, -0.2) is 18.5 Å². The first-order valence-electron chi connectivity index (χ1n) is 4.10. The largest absolute Gasteiger partial charge is 0.348 e. The van der Waals surface area contributed by atoms with E-state index in [4.69, 9.17) is 9.47 Å². The van der Waals surface area contributed by atoms with E-state index in [0.717, 1.165) is 13.0 Å². The van der Waals surface area contributed by atoms with Crippen molar-refractivity contribution in [3.05, 3.63) is 0 Å². The standard InChI is InChI=1S/C8H14O2/c1-8-5-3-2-4-7(10-8)6-9-8/h7H,2-6H2,1H3. The van der Waals surface area contributed by atoms with E-state index in [0.29, 0.717) is 6.10 Å². The van der Waals surface area contributed by atoms with Crippen molar-refractivity contribution in [2.24, 2.45) is 0 Å². The summed E-state index contributed by atoms with van der Waals surface area (Å²) < 4.78 is 11.2. The summed E-state index contributed by atoms with van der Waals surface area (Å²) in [7, 11) is 0. The molecule has 2 nitrogen and oxygen atoms in total. The zero-order valence-electron chi connectivity index (χ0n) is 6.43.